The Morgan fingerprint density at radius 1 is 1.00 bits per heavy atom. The van der Waals surface area contributed by atoms with Crippen molar-refractivity contribution in [1.29, 1.82) is 0 Å². The quantitative estimate of drug-likeness (QED) is 0.241. The summed E-state index contributed by atoms with van der Waals surface area (Å²) in [4.78, 5) is 25.4. The number of rotatable bonds is 0. The van der Waals surface area contributed by atoms with Crippen LogP contribution in [0.25, 0.3) is 0 Å². The molecule has 0 spiro atoms. The Balaban J connectivity index is -0.0000000450. The Bertz CT molecular complexity index is 15.5. The van der Waals surface area contributed by atoms with Crippen LogP contribution in [0.1, 0.15) is 0 Å². The van der Waals surface area contributed by atoms with Gasteiger partial charge < -0.3 is 23.3 Å². The minimum absolute atomic E-state index is 0. The molecule has 6 heavy (non-hydrogen) atoms. The van der Waals surface area contributed by atoms with Crippen molar-refractivity contribution >= 4 is 26.0 Å². The molecule has 0 saturated heterocycles. The van der Waals surface area contributed by atoms with Crippen molar-refractivity contribution in [1.82, 2.24) is 0 Å². The van der Waals surface area contributed by atoms with Gasteiger partial charge in [-0.2, -0.15) is 0 Å². The van der Waals surface area contributed by atoms with Gasteiger partial charge in [0.05, 0.1) is 0 Å². The molecule has 0 unspecified atom stereocenters. The molecule has 0 fully saturated rings. The molecule has 3 nitrogen and oxygen atoms in total. The minimum atomic E-state index is -3.37. The third-order valence-corrected chi connectivity index (χ3v) is 0. The van der Waals surface area contributed by atoms with Crippen LogP contribution in [0.4, 0.5) is 0 Å². The molecule has 0 rings (SSSR count). The topological polar surface area (TPSA) is 69.2 Å². The fourth-order valence-corrected chi connectivity index (χ4v) is 0. The molecular weight excluding hydrogens is 129 g/mol. The fourth-order valence-electron chi connectivity index (χ4n) is 0. The van der Waals surface area contributed by atoms with E-state index in [9.17, 15) is 0 Å². The summed E-state index contributed by atoms with van der Waals surface area (Å²) in [5.41, 5.74) is 0. The SMILES string of the molecule is [Al+3].[Na+].[O-]P([O-])[O-]. The standard InChI is InChI=1S/Al.Na.O3P/c;;1-4(2)3/q+3;+1;-3. The van der Waals surface area contributed by atoms with E-state index in [-0.39, 0.29) is 46.9 Å². The van der Waals surface area contributed by atoms with Gasteiger partial charge in [-0.3, -0.25) is 0 Å². The summed E-state index contributed by atoms with van der Waals surface area (Å²) in [7, 11) is -3.37. The molecule has 0 aliphatic heterocycles. The first kappa shape index (κ1) is 15.7. The van der Waals surface area contributed by atoms with Crippen LogP contribution >= 0.6 is 8.60 Å². The predicted octanol–water partition coefficient (Wildman–Crippen LogP) is -6.08. The van der Waals surface area contributed by atoms with E-state index in [0.29, 0.717) is 0 Å². The first-order valence-electron chi connectivity index (χ1n) is 0.548. The third kappa shape index (κ3) is 40.4. The molecule has 0 aliphatic rings. The Morgan fingerprint density at radius 2 is 1.00 bits per heavy atom. The van der Waals surface area contributed by atoms with Gasteiger partial charge in [-0.05, 0) is 0 Å². The molecule has 0 N–H and O–H groups in total. The first-order chi connectivity index (χ1) is 1.73. The number of hydrogen-bond acceptors (Lipinski definition) is 3. The van der Waals surface area contributed by atoms with Gasteiger partial charge in [0.15, 0.2) is 0 Å². The van der Waals surface area contributed by atoms with Crippen LogP contribution < -0.4 is 44.2 Å². The maximum absolute atomic E-state index is 8.48. The zero-order chi connectivity index (χ0) is 3.58. The zero-order valence-electron chi connectivity index (χ0n) is 3.25. The van der Waals surface area contributed by atoms with E-state index in [1.54, 1.807) is 0 Å². The Hall–Kier alpha value is 1.84. The second kappa shape index (κ2) is 9.96. The van der Waals surface area contributed by atoms with Crippen LogP contribution in [0.5, 0.6) is 0 Å². The molecule has 6 heteroatoms. The molecule has 0 aliphatic carbocycles. The maximum atomic E-state index is 8.48. The van der Waals surface area contributed by atoms with Crippen molar-refractivity contribution in [2.24, 2.45) is 0 Å². The predicted molar refractivity (Wildman–Crippen MR) is 12.7 cm³/mol. The van der Waals surface area contributed by atoms with Gasteiger partial charge in [-0.1, -0.05) is 0 Å². The molecule has 0 aromatic rings. The van der Waals surface area contributed by atoms with Gasteiger partial charge in [0.25, 0.3) is 0 Å². The van der Waals surface area contributed by atoms with Crippen LogP contribution in [0, 0.1) is 0 Å². The molecule has 0 heterocycles. The average molecular weight is 129 g/mol. The van der Waals surface area contributed by atoms with E-state index in [1.807, 2.05) is 0 Å². The summed E-state index contributed by atoms with van der Waals surface area (Å²) >= 11 is 0. The van der Waals surface area contributed by atoms with Gasteiger partial charge >= 0.3 is 46.9 Å². The van der Waals surface area contributed by atoms with Crippen LogP contribution in [-0.4, -0.2) is 17.4 Å². The van der Waals surface area contributed by atoms with Crippen LogP contribution in [0.15, 0.2) is 0 Å². The second-order valence-corrected chi connectivity index (χ2v) is 0.671. The van der Waals surface area contributed by atoms with E-state index in [2.05, 4.69) is 0 Å². The van der Waals surface area contributed by atoms with Crippen LogP contribution in [0.3, 0.4) is 0 Å². The molecule has 0 aromatic heterocycles. The van der Waals surface area contributed by atoms with Crippen molar-refractivity contribution in [3.8, 4) is 0 Å². The number of hydrogen-bond donors (Lipinski definition) is 0. The molecule has 0 radical (unpaired) electrons. The molecule has 26 valence electrons. The van der Waals surface area contributed by atoms with Crippen molar-refractivity contribution in [2.75, 3.05) is 0 Å². The minimum Gasteiger partial charge on any atom is -0.854 e. The summed E-state index contributed by atoms with van der Waals surface area (Å²) < 4.78 is 0. The van der Waals surface area contributed by atoms with Gasteiger partial charge in [0.1, 0.15) is 0 Å². The maximum Gasteiger partial charge on any atom is 3.00 e. The van der Waals surface area contributed by atoms with Crippen molar-refractivity contribution < 1.29 is 44.2 Å². The van der Waals surface area contributed by atoms with E-state index in [4.69, 9.17) is 14.7 Å². The molecule has 0 saturated carbocycles. The van der Waals surface area contributed by atoms with Gasteiger partial charge in [-0.15, -0.1) is 0 Å². The van der Waals surface area contributed by atoms with Crippen molar-refractivity contribution in [3.05, 3.63) is 0 Å². The molecular formula is AlNaO3P+. The van der Waals surface area contributed by atoms with E-state index in [0.717, 1.165) is 0 Å². The van der Waals surface area contributed by atoms with Crippen molar-refractivity contribution in [3.63, 3.8) is 0 Å². The summed E-state index contributed by atoms with van der Waals surface area (Å²) in [6.45, 7) is 0. The third-order valence-electron chi connectivity index (χ3n) is 0. The average Bonchev–Trinajstić information content (AvgIpc) is 0.811. The normalized spacial score (nSPS) is 6.00. The van der Waals surface area contributed by atoms with E-state index < -0.39 is 8.60 Å². The van der Waals surface area contributed by atoms with E-state index in [1.165, 1.54) is 0 Å². The molecule has 0 amide bonds. The molecule has 0 atom stereocenters. The largest absolute Gasteiger partial charge is 3.00 e. The van der Waals surface area contributed by atoms with Crippen molar-refractivity contribution in [2.45, 2.75) is 0 Å². The first-order valence-corrected chi connectivity index (χ1v) is 1.64. The summed E-state index contributed by atoms with van der Waals surface area (Å²) in [6.07, 6.45) is 0. The smallest absolute Gasteiger partial charge is 0.854 e. The summed E-state index contributed by atoms with van der Waals surface area (Å²) in [6, 6.07) is 0. The fraction of sp³-hybridized carbons (Fsp3) is 0. The Morgan fingerprint density at radius 3 is 1.00 bits per heavy atom. The van der Waals surface area contributed by atoms with Crippen LogP contribution in [-0.2, 0) is 0 Å². The monoisotopic (exact) mass is 129 g/mol. The van der Waals surface area contributed by atoms with Crippen LogP contribution in [0.2, 0.25) is 0 Å². The van der Waals surface area contributed by atoms with Gasteiger partial charge in [0, 0.05) is 0 Å². The zero-order valence-corrected chi connectivity index (χ0v) is 7.30. The Labute approximate surface area is 69.8 Å². The summed E-state index contributed by atoms with van der Waals surface area (Å²) in [5.74, 6) is 0. The van der Waals surface area contributed by atoms with E-state index >= 15 is 0 Å². The van der Waals surface area contributed by atoms with Gasteiger partial charge in [0.2, 0.25) is 0 Å². The Kier molecular flexibility index (Phi) is 26.0. The molecule has 0 aromatic carbocycles. The second-order valence-electron chi connectivity index (χ2n) is 0.224. The molecule has 0 bridgehead atoms. The summed E-state index contributed by atoms with van der Waals surface area (Å²) in [5, 5.41) is 0. The van der Waals surface area contributed by atoms with Gasteiger partial charge in [-0.25, -0.2) is 0 Å².